The first-order valence-electron chi connectivity index (χ1n) is 9.49. The Balaban J connectivity index is 1.71. The lowest BCUT2D eigenvalue weighted by molar-refractivity contribution is 0.105. The van der Waals surface area contributed by atoms with Crippen molar-refractivity contribution in [2.45, 2.75) is 19.1 Å². The van der Waals surface area contributed by atoms with Gasteiger partial charge in [0.25, 0.3) is 0 Å². The zero-order valence-electron chi connectivity index (χ0n) is 17.3. The highest BCUT2D eigenvalue weighted by atomic mass is 16.5. The summed E-state index contributed by atoms with van der Waals surface area (Å²) in [6.07, 6.45) is 2.54. The fraction of sp³-hybridized carbons (Fsp3) is 0.476. The number of likely N-dealkylation sites (N-methyl/N-ethyl adjacent to an activating group) is 1. The molecule has 28 heavy (non-hydrogen) atoms. The first kappa shape index (κ1) is 21.8. The molecular formula is C21H32N4O3. The van der Waals surface area contributed by atoms with E-state index in [0.29, 0.717) is 13.2 Å². The molecule has 2 rings (SSSR count). The molecule has 0 fully saturated rings. The number of nitrogens with zero attached hydrogens (tertiary/aromatic N) is 2. The quantitative estimate of drug-likeness (QED) is 0.350. The molecule has 154 valence electrons. The maximum Gasteiger partial charge on any atom is 0.191 e. The summed E-state index contributed by atoms with van der Waals surface area (Å²) in [6, 6.07) is 12.2. The molecule has 0 amide bonds. The second-order valence-corrected chi connectivity index (χ2v) is 6.62. The van der Waals surface area contributed by atoms with E-state index >= 15 is 0 Å². The highest BCUT2D eigenvalue weighted by Gasteiger charge is 2.14. The minimum Gasteiger partial charge on any atom is -0.497 e. The van der Waals surface area contributed by atoms with Crippen molar-refractivity contribution < 1.29 is 13.9 Å². The third-order valence-corrected chi connectivity index (χ3v) is 4.39. The van der Waals surface area contributed by atoms with E-state index in [1.54, 1.807) is 20.4 Å². The summed E-state index contributed by atoms with van der Waals surface area (Å²) in [5.74, 6) is 2.49. The van der Waals surface area contributed by atoms with Crippen LogP contribution in [0.5, 0.6) is 5.75 Å². The first-order chi connectivity index (χ1) is 13.6. The topological polar surface area (TPSA) is 71.3 Å². The van der Waals surface area contributed by atoms with Gasteiger partial charge in [0, 0.05) is 26.7 Å². The zero-order chi connectivity index (χ0) is 20.2. The first-order valence-corrected chi connectivity index (χ1v) is 9.49. The van der Waals surface area contributed by atoms with E-state index in [2.05, 4.69) is 46.8 Å². The van der Waals surface area contributed by atoms with Gasteiger partial charge in [-0.2, -0.15) is 0 Å². The fourth-order valence-corrected chi connectivity index (χ4v) is 2.79. The molecule has 0 bridgehead atoms. The van der Waals surface area contributed by atoms with Gasteiger partial charge in [-0.25, -0.2) is 0 Å². The fourth-order valence-electron chi connectivity index (χ4n) is 2.79. The third-order valence-electron chi connectivity index (χ3n) is 4.39. The Bertz CT molecular complexity index is 684. The summed E-state index contributed by atoms with van der Waals surface area (Å²) in [5.41, 5.74) is 1.22. The Hall–Kier alpha value is -2.51. The molecule has 2 N–H and O–H groups in total. The van der Waals surface area contributed by atoms with Crippen molar-refractivity contribution in [3.05, 3.63) is 54.0 Å². The molecule has 0 saturated carbocycles. The van der Waals surface area contributed by atoms with E-state index in [9.17, 15) is 0 Å². The van der Waals surface area contributed by atoms with Crippen molar-refractivity contribution in [3.8, 4) is 5.75 Å². The van der Waals surface area contributed by atoms with Gasteiger partial charge in [0.1, 0.15) is 18.1 Å². The molecule has 1 atom stereocenters. The summed E-state index contributed by atoms with van der Waals surface area (Å²) in [4.78, 5) is 6.48. The number of methoxy groups -OCH3 is 1. The molecule has 0 aliphatic rings. The molecule has 0 radical (unpaired) electrons. The SMILES string of the molecule is CN=C(NCCCOCc1ccco1)NCC(c1ccc(OC)cc1)N(C)C. The van der Waals surface area contributed by atoms with Gasteiger partial charge in [0.05, 0.1) is 19.4 Å². The van der Waals surface area contributed by atoms with Crippen molar-refractivity contribution in [1.29, 1.82) is 0 Å². The largest absolute Gasteiger partial charge is 0.497 e. The van der Waals surface area contributed by atoms with Gasteiger partial charge in [-0.3, -0.25) is 4.99 Å². The summed E-state index contributed by atoms with van der Waals surface area (Å²) in [7, 11) is 7.60. The van der Waals surface area contributed by atoms with Gasteiger partial charge in [-0.1, -0.05) is 12.1 Å². The summed E-state index contributed by atoms with van der Waals surface area (Å²) in [5, 5.41) is 6.73. The average Bonchev–Trinajstić information content (AvgIpc) is 3.22. The number of benzene rings is 1. The molecule has 1 aromatic heterocycles. The molecule has 0 saturated heterocycles. The lowest BCUT2D eigenvalue weighted by atomic mass is 10.1. The van der Waals surface area contributed by atoms with E-state index in [1.165, 1.54) is 5.56 Å². The number of hydrogen-bond acceptors (Lipinski definition) is 5. The van der Waals surface area contributed by atoms with Crippen LogP contribution in [0.15, 0.2) is 52.1 Å². The molecule has 7 nitrogen and oxygen atoms in total. The number of rotatable bonds is 11. The van der Waals surface area contributed by atoms with Crippen LogP contribution in [-0.2, 0) is 11.3 Å². The van der Waals surface area contributed by atoms with Crippen molar-refractivity contribution in [2.24, 2.45) is 4.99 Å². The third kappa shape index (κ3) is 7.25. The normalized spacial score (nSPS) is 12.8. The summed E-state index contributed by atoms with van der Waals surface area (Å²) in [6.45, 7) is 2.70. The van der Waals surface area contributed by atoms with Crippen molar-refractivity contribution >= 4 is 5.96 Å². The zero-order valence-corrected chi connectivity index (χ0v) is 17.3. The Morgan fingerprint density at radius 2 is 1.96 bits per heavy atom. The van der Waals surface area contributed by atoms with Crippen LogP contribution in [0.3, 0.4) is 0 Å². The second kappa shape index (κ2) is 12.0. The van der Waals surface area contributed by atoms with Gasteiger partial charge in [0.2, 0.25) is 0 Å². The van der Waals surface area contributed by atoms with Gasteiger partial charge in [-0.15, -0.1) is 0 Å². The maximum absolute atomic E-state index is 5.59. The molecule has 2 aromatic rings. The van der Waals surface area contributed by atoms with Crippen LogP contribution in [0.25, 0.3) is 0 Å². The molecule has 0 aliphatic carbocycles. The van der Waals surface area contributed by atoms with E-state index in [1.807, 2.05) is 24.3 Å². The number of ether oxygens (including phenoxy) is 2. The predicted molar refractivity (Wildman–Crippen MR) is 112 cm³/mol. The Morgan fingerprint density at radius 3 is 2.57 bits per heavy atom. The van der Waals surface area contributed by atoms with E-state index in [-0.39, 0.29) is 6.04 Å². The Labute approximate surface area is 167 Å². The summed E-state index contributed by atoms with van der Waals surface area (Å²) < 4.78 is 16.1. The van der Waals surface area contributed by atoms with Crippen LogP contribution in [0.4, 0.5) is 0 Å². The van der Waals surface area contributed by atoms with Crippen LogP contribution >= 0.6 is 0 Å². The Morgan fingerprint density at radius 1 is 1.18 bits per heavy atom. The molecule has 0 aliphatic heterocycles. The van der Waals surface area contributed by atoms with Gasteiger partial charge in [0.15, 0.2) is 5.96 Å². The monoisotopic (exact) mass is 388 g/mol. The number of guanidine groups is 1. The molecule has 1 heterocycles. The minimum absolute atomic E-state index is 0.223. The second-order valence-electron chi connectivity index (χ2n) is 6.62. The highest BCUT2D eigenvalue weighted by molar-refractivity contribution is 5.79. The molecule has 1 aromatic carbocycles. The van der Waals surface area contributed by atoms with Crippen molar-refractivity contribution in [3.63, 3.8) is 0 Å². The van der Waals surface area contributed by atoms with Crippen LogP contribution in [0.2, 0.25) is 0 Å². The van der Waals surface area contributed by atoms with Gasteiger partial charge in [-0.05, 0) is 50.3 Å². The van der Waals surface area contributed by atoms with Crippen molar-refractivity contribution in [2.75, 3.05) is 47.9 Å². The van der Waals surface area contributed by atoms with E-state index in [4.69, 9.17) is 13.9 Å². The molecule has 0 spiro atoms. The number of nitrogens with one attached hydrogen (secondary N) is 2. The Kier molecular flexibility index (Phi) is 9.37. The van der Waals surface area contributed by atoms with Crippen LogP contribution in [0.1, 0.15) is 23.8 Å². The highest BCUT2D eigenvalue weighted by Crippen LogP contribution is 2.20. The number of furan rings is 1. The predicted octanol–water partition coefficient (Wildman–Crippen LogP) is 2.66. The van der Waals surface area contributed by atoms with Crippen LogP contribution in [-0.4, -0.2) is 58.8 Å². The smallest absolute Gasteiger partial charge is 0.191 e. The van der Waals surface area contributed by atoms with E-state index in [0.717, 1.165) is 37.0 Å². The van der Waals surface area contributed by atoms with E-state index < -0.39 is 0 Å². The van der Waals surface area contributed by atoms with Gasteiger partial charge >= 0.3 is 0 Å². The van der Waals surface area contributed by atoms with Crippen molar-refractivity contribution in [1.82, 2.24) is 15.5 Å². The molecular weight excluding hydrogens is 356 g/mol. The van der Waals surface area contributed by atoms with Crippen LogP contribution in [0, 0.1) is 0 Å². The molecule has 7 heteroatoms. The lowest BCUT2D eigenvalue weighted by Crippen LogP contribution is -2.42. The standard InChI is InChI=1S/C21H32N4O3/c1-22-21(23-12-6-13-27-16-19-7-5-14-28-19)24-15-20(25(2)3)17-8-10-18(26-4)11-9-17/h5,7-11,14,20H,6,12-13,15-16H2,1-4H3,(H2,22,23,24). The van der Waals surface area contributed by atoms with Gasteiger partial charge < -0.3 is 29.4 Å². The molecule has 1 unspecified atom stereocenters. The lowest BCUT2D eigenvalue weighted by Gasteiger charge is -2.26. The number of aliphatic imine (C=N–C) groups is 1. The maximum atomic E-state index is 5.59. The minimum atomic E-state index is 0.223. The van der Waals surface area contributed by atoms with Crippen LogP contribution < -0.4 is 15.4 Å². The summed E-state index contributed by atoms with van der Waals surface area (Å²) >= 11 is 0. The average molecular weight is 389 g/mol. The number of hydrogen-bond donors (Lipinski definition) is 2.